The van der Waals surface area contributed by atoms with Gasteiger partial charge < -0.3 is 9.84 Å². The Kier molecular flexibility index (Phi) is 5.56. The molecule has 2 aromatic carbocycles. The number of nitro groups is 1. The summed E-state index contributed by atoms with van der Waals surface area (Å²) < 4.78 is 5.17. The molecule has 0 bridgehead atoms. The maximum Gasteiger partial charge on any atom is 0.271 e. The number of carbonyl (C=O) groups is 1. The second-order valence-corrected chi connectivity index (χ2v) is 6.87. The molecule has 0 spiro atoms. The van der Waals surface area contributed by atoms with Crippen molar-refractivity contribution < 1.29 is 14.2 Å². The third kappa shape index (κ3) is 4.35. The summed E-state index contributed by atoms with van der Waals surface area (Å²) in [7, 11) is 0. The Labute approximate surface area is 159 Å². The summed E-state index contributed by atoms with van der Waals surface area (Å²) in [6, 6.07) is 13.1. The molecule has 0 aliphatic carbocycles. The van der Waals surface area contributed by atoms with Crippen molar-refractivity contribution in [2.75, 3.05) is 5.32 Å². The van der Waals surface area contributed by atoms with E-state index in [9.17, 15) is 14.9 Å². The van der Waals surface area contributed by atoms with Crippen LogP contribution in [0.5, 0.6) is 0 Å². The topological polar surface area (TPSA) is 98.3 Å². The highest BCUT2D eigenvalue weighted by Gasteiger charge is 2.15. The van der Waals surface area contributed by atoms with Gasteiger partial charge in [-0.3, -0.25) is 14.9 Å². The fraction of sp³-hybridized carbons (Fsp3) is 0.158. The van der Waals surface area contributed by atoms with Crippen molar-refractivity contribution in [3.63, 3.8) is 0 Å². The summed E-state index contributed by atoms with van der Waals surface area (Å²) >= 11 is 1.51. The van der Waals surface area contributed by atoms with Gasteiger partial charge in [-0.2, -0.15) is 0 Å². The number of nitrogens with one attached hydrogen (secondary N) is 1. The number of nitro benzene ring substituents is 1. The molecule has 1 amide bonds. The molecule has 3 rings (SSSR count). The first-order valence-corrected chi connectivity index (χ1v) is 9.13. The van der Waals surface area contributed by atoms with Gasteiger partial charge in [0.1, 0.15) is 5.76 Å². The van der Waals surface area contributed by atoms with Crippen LogP contribution in [0.4, 0.5) is 11.4 Å². The average molecular weight is 383 g/mol. The molecule has 0 unspecified atom stereocenters. The van der Waals surface area contributed by atoms with Crippen molar-refractivity contribution in [1.82, 2.24) is 5.16 Å². The van der Waals surface area contributed by atoms with Crippen molar-refractivity contribution in [2.24, 2.45) is 0 Å². The van der Waals surface area contributed by atoms with E-state index < -0.39 is 4.92 Å². The number of aromatic nitrogens is 1. The largest absolute Gasteiger partial charge is 0.361 e. The van der Waals surface area contributed by atoms with Crippen LogP contribution < -0.4 is 5.32 Å². The van der Waals surface area contributed by atoms with E-state index in [0.29, 0.717) is 17.0 Å². The van der Waals surface area contributed by atoms with Gasteiger partial charge in [-0.25, -0.2) is 0 Å². The molecule has 1 heterocycles. The molecule has 0 saturated carbocycles. The number of amides is 1. The zero-order chi connectivity index (χ0) is 19.4. The Hall–Kier alpha value is -3.13. The highest BCUT2D eigenvalue weighted by molar-refractivity contribution is 7.98. The third-order valence-electron chi connectivity index (χ3n) is 4.00. The summed E-state index contributed by atoms with van der Waals surface area (Å²) in [5, 5.41) is 17.6. The molecule has 0 aliphatic rings. The molecular formula is C19H17N3O4S. The van der Waals surface area contributed by atoms with Crippen LogP contribution in [0.2, 0.25) is 0 Å². The van der Waals surface area contributed by atoms with E-state index in [1.807, 2.05) is 26.0 Å². The number of nitrogens with zero attached hydrogens (tertiary/aromatic N) is 2. The molecule has 0 aliphatic heterocycles. The summed E-state index contributed by atoms with van der Waals surface area (Å²) in [5.74, 6) is 1.07. The highest BCUT2D eigenvalue weighted by Crippen LogP contribution is 2.29. The van der Waals surface area contributed by atoms with E-state index in [-0.39, 0.29) is 11.6 Å². The van der Waals surface area contributed by atoms with Gasteiger partial charge in [0, 0.05) is 34.0 Å². The number of hydrogen-bond donors (Lipinski definition) is 1. The predicted octanol–water partition coefficient (Wildman–Crippen LogP) is 4.74. The van der Waals surface area contributed by atoms with E-state index >= 15 is 0 Å². The molecule has 1 aromatic heterocycles. The Bertz CT molecular complexity index is 981. The van der Waals surface area contributed by atoms with Crippen molar-refractivity contribution in [3.05, 3.63) is 81.2 Å². The fourth-order valence-corrected chi connectivity index (χ4v) is 3.74. The minimum Gasteiger partial charge on any atom is -0.361 e. The van der Waals surface area contributed by atoms with Gasteiger partial charge in [0.15, 0.2) is 0 Å². The van der Waals surface area contributed by atoms with Gasteiger partial charge in [0.2, 0.25) is 0 Å². The highest BCUT2D eigenvalue weighted by atomic mass is 32.2. The van der Waals surface area contributed by atoms with Crippen molar-refractivity contribution in [1.29, 1.82) is 0 Å². The molecule has 27 heavy (non-hydrogen) atoms. The normalized spacial score (nSPS) is 10.6. The second-order valence-electron chi connectivity index (χ2n) is 5.85. The molecule has 1 N–H and O–H groups in total. The molecule has 3 aromatic rings. The number of non-ortho nitro benzene ring substituents is 1. The van der Waals surface area contributed by atoms with Crippen LogP contribution in [-0.2, 0) is 5.75 Å². The fourth-order valence-electron chi connectivity index (χ4n) is 2.53. The summed E-state index contributed by atoms with van der Waals surface area (Å²) in [4.78, 5) is 23.9. The number of aryl methyl sites for hydroxylation is 2. The van der Waals surface area contributed by atoms with Crippen molar-refractivity contribution in [3.8, 4) is 0 Å². The molecule has 138 valence electrons. The van der Waals surface area contributed by atoms with Gasteiger partial charge in [0.05, 0.1) is 16.2 Å². The first kappa shape index (κ1) is 18.7. The smallest absolute Gasteiger partial charge is 0.271 e. The monoisotopic (exact) mass is 383 g/mol. The molecular weight excluding hydrogens is 366 g/mol. The molecule has 8 heteroatoms. The first-order valence-electron chi connectivity index (χ1n) is 8.15. The SMILES string of the molecule is Cc1noc(C)c1CSc1ccccc1C(=O)Nc1cccc([N+](=O)[O-])c1. The number of benzene rings is 2. The maximum absolute atomic E-state index is 12.7. The Morgan fingerprint density at radius 2 is 2.00 bits per heavy atom. The van der Waals surface area contributed by atoms with E-state index in [1.165, 1.54) is 30.0 Å². The number of anilines is 1. The van der Waals surface area contributed by atoms with Gasteiger partial charge in [-0.05, 0) is 32.0 Å². The lowest BCUT2D eigenvalue weighted by Crippen LogP contribution is -2.13. The van der Waals surface area contributed by atoms with Crippen LogP contribution in [0.1, 0.15) is 27.4 Å². The standard InChI is InChI=1S/C19H17N3O4S/c1-12-17(13(2)26-21-12)11-27-18-9-4-3-8-16(18)19(23)20-14-6-5-7-15(10-14)22(24)25/h3-10H,11H2,1-2H3,(H,20,23). The van der Waals surface area contributed by atoms with Gasteiger partial charge >= 0.3 is 0 Å². The van der Waals surface area contributed by atoms with Gasteiger partial charge in [-0.1, -0.05) is 23.4 Å². The summed E-state index contributed by atoms with van der Waals surface area (Å²) in [5.41, 5.74) is 2.64. The van der Waals surface area contributed by atoms with Crippen molar-refractivity contribution >= 4 is 29.0 Å². The zero-order valence-electron chi connectivity index (χ0n) is 14.8. The molecule has 0 radical (unpaired) electrons. The van der Waals surface area contributed by atoms with Crippen LogP contribution >= 0.6 is 11.8 Å². The van der Waals surface area contributed by atoms with Gasteiger partial charge in [-0.15, -0.1) is 11.8 Å². The van der Waals surface area contributed by atoms with E-state index in [0.717, 1.165) is 21.9 Å². The van der Waals surface area contributed by atoms with Crippen LogP contribution in [0.15, 0.2) is 57.9 Å². The number of carbonyl (C=O) groups excluding carboxylic acids is 1. The zero-order valence-corrected chi connectivity index (χ0v) is 15.6. The minimum atomic E-state index is -0.497. The quantitative estimate of drug-likeness (QED) is 0.375. The molecule has 7 nitrogen and oxygen atoms in total. The molecule has 0 atom stereocenters. The number of rotatable bonds is 6. The van der Waals surface area contributed by atoms with E-state index in [2.05, 4.69) is 10.5 Å². The second kappa shape index (κ2) is 8.05. The van der Waals surface area contributed by atoms with Crippen LogP contribution in [0, 0.1) is 24.0 Å². The van der Waals surface area contributed by atoms with Crippen LogP contribution in [-0.4, -0.2) is 16.0 Å². The third-order valence-corrected chi connectivity index (χ3v) is 5.10. The summed E-state index contributed by atoms with van der Waals surface area (Å²) in [6.07, 6.45) is 0. The van der Waals surface area contributed by atoms with Crippen molar-refractivity contribution in [2.45, 2.75) is 24.5 Å². The van der Waals surface area contributed by atoms with E-state index in [1.54, 1.807) is 18.2 Å². The first-order chi connectivity index (χ1) is 13.0. The molecule has 0 saturated heterocycles. The predicted molar refractivity (Wildman–Crippen MR) is 103 cm³/mol. The number of thioether (sulfide) groups is 1. The van der Waals surface area contributed by atoms with Crippen LogP contribution in [0.25, 0.3) is 0 Å². The lowest BCUT2D eigenvalue weighted by atomic mass is 10.2. The van der Waals surface area contributed by atoms with Gasteiger partial charge in [0.25, 0.3) is 11.6 Å². The minimum absolute atomic E-state index is 0.0751. The summed E-state index contributed by atoms with van der Waals surface area (Å²) in [6.45, 7) is 3.74. The lowest BCUT2D eigenvalue weighted by molar-refractivity contribution is -0.384. The average Bonchev–Trinajstić information content (AvgIpc) is 2.98. The molecule has 0 fully saturated rings. The lowest BCUT2D eigenvalue weighted by Gasteiger charge is -2.10. The maximum atomic E-state index is 12.7. The van der Waals surface area contributed by atoms with Crippen LogP contribution in [0.3, 0.4) is 0 Å². The number of hydrogen-bond acceptors (Lipinski definition) is 6. The van der Waals surface area contributed by atoms with E-state index in [4.69, 9.17) is 4.52 Å². The Morgan fingerprint density at radius 1 is 1.22 bits per heavy atom. The Morgan fingerprint density at radius 3 is 2.70 bits per heavy atom. The Balaban J connectivity index is 1.78.